The first-order chi connectivity index (χ1) is 21.6. The number of nitrogens with one attached hydrogen (secondary N) is 3. The van der Waals surface area contributed by atoms with Gasteiger partial charge in [0, 0.05) is 55.6 Å². The third-order valence-electron chi connectivity index (χ3n) is 9.50. The summed E-state index contributed by atoms with van der Waals surface area (Å²) >= 11 is 6.30. The minimum absolute atomic E-state index is 0.0481. The number of piperazine rings is 1. The summed E-state index contributed by atoms with van der Waals surface area (Å²) in [6, 6.07) is 4.29. The Morgan fingerprint density at radius 2 is 1.82 bits per heavy atom. The highest BCUT2D eigenvalue weighted by atomic mass is 35.5. The average Bonchev–Trinajstić information content (AvgIpc) is 3.38. The number of anilines is 1. The van der Waals surface area contributed by atoms with Crippen LogP contribution in [0.4, 0.5) is 14.5 Å². The van der Waals surface area contributed by atoms with E-state index in [2.05, 4.69) is 20.9 Å². The number of amides is 3. The molecule has 2 saturated heterocycles. The maximum Gasteiger partial charge on any atom is 0.246 e. The van der Waals surface area contributed by atoms with Gasteiger partial charge in [0.25, 0.3) is 0 Å². The normalized spacial score (nSPS) is 24.1. The molecule has 13 heteroatoms. The number of carbonyl (C=O) groups excluding carboxylic acids is 3. The first-order valence-corrected chi connectivity index (χ1v) is 15.9. The molecule has 4 aliphatic rings. The van der Waals surface area contributed by atoms with E-state index in [1.807, 2.05) is 12.1 Å². The summed E-state index contributed by atoms with van der Waals surface area (Å²) in [6.45, 7) is 3.26. The van der Waals surface area contributed by atoms with Crippen molar-refractivity contribution >= 4 is 35.0 Å². The second kappa shape index (κ2) is 13.1. The Morgan fingerprint density at radius 3 is 2.58 bits per heavy atom. The van der Waals surface area contributed by atoms with Crippen LogP contribution in [0.3, 0.4) is 0 Å². The van der Waals surface area contributed by atoms with E-state index in [4.69, 9.17) is 21.1 Å². The van der Waals surface area contributed by atoms with E-state index in [-0.39, 0.29) is 61.2 Å². The van der Waals surface area contributed by atoms with Crippen LogP contribution in [0.1, 0.15) is 43.4 Å². The van der Waals surface area contributed by atoms with Crippen LogP contribution >= 0.6 is 11.6 Å². The number of likely N-dealkylation sites (N-methyl/N-ethyl adjacent to an activating group) is 1. The highest BCUT2D eigenvalue weighted by molar-refractivity contribution is 6.30. The topological polar surface area (TPSA) is 112 Å². The standard InChI is InChI=1S/C32H38ClF2N5O5/c1-17(36-2)30(41)38-29(18-5-8-44-9-6-18)32(43)40-15-22-12-19-11-20(33)3-4-25(19)39(22)16-26(40)31(42)37-24-7-10-45-27-14-21(34)13-23(35)28(24)27/h3-4,11,13-14,17-18,22,24,26,29,36H,5-10,12,15-16H2,1-2H3,(H,37,42)(H,38,41)/t17-,22-,24+,26-,29-/m0/s1. The van der Waals surface area contributed by atoms with Crippen LogP contribution in [0.25, 0.3) is 0 Å². The molecule has 6 rings (SSSR count). The Bertz CT molecular complexity index is 1470. The van der Waals surface area contributed by atoms with Gasteiger partial charge in [0.2, 0.25) is 17.7 Å². The predicted molar refractivity (Wildman–Crippen MR) is 163 cm³/mol. The summed E-state index contributed by atoms with van der Waals surface area (Å²) < 4.78 is 39.9. The molecule has 3 amide bonds. The third-order valence-corrected chi connectivity index (χ3v) is 9.73. The molecule has 2 aromatic rings. The molecular weight excluding hydrogens is 608 g/mol. The van der Waals surface area contributed by atoms with Gasteiger partial charge in [0.05, 0.1) is 30.3 Å². The molecule has 4 aliphatic heterocycles. The van der Waals surface area contributed by atoms with Crippen molar-refractivity contribution in [2.75, 3.05) is 44.9 Å². The SMILES string of the molecule is CN[C@@H](C)C(=O)N[C@H](C(=O)N1C[C@@H]2Cc3cc(Cl)ccc3N2C[C@H]1C(=O)N[C@@H]1CCOc2cc(F)cc(F)c21)C1CCOCC1. The summed E-state index contributed by atoms with van der Waals surface area (Å²) in [7, 11) is 1.67. The molecule has 5 atom stereocenters. The van der Waals surface area contributed by atoms with Crippen LogP contribution in [0.2, 0.25) is 5.02 Å². The highest BCUT2D eigenvalue weighted by Gasteiger charge is 2.47. The summed E-state index contributed by atoms with van der Waals surface area (Å²) in [5.74, 6) is -2.82. The van der Waals surface area contributed by atoms with E-state index in [1.165, 1.54) is 0 Å². The lowest BCUT2D eigenvalue weighted by molar-refractivity contribution is -0.147. The van der Waals surface area contributed by atoms with Gasteiger partial charge in [-0.15, -0.1) is 0 Å². The fourth-order valence-electron chi connectivity index (χ4n) is 6.96. The van der Waals surface area contributed by atoms with Gasteiger partial charge in [0.1, 0.15) is 29.5 Å². The molecule has 45 heavy (non-hydrogen) atoms. The van der Waals surface area contributed by atoms with Crippen LogP contribution < -0.4 is 25.6 Å². The second-order valence-electron chi connectivity index (χ2n) is 12.2. The van der Waals surface area contributed by atoms with Crippen molar-refractivity contribution < 1.29 is 32.6 Å². The molecule has 0 bridgehead atoms. The number of rotatable bonds is 7. The molecule has 0 unspecified atom stereocenters. The number of nitrogens with zero attached hydrogens (tertiary/aromatic N) is 2. The molecule has 0 spiro atoms. The van der Waals surface area contributed by atoms with Crippen molar-refractivity contribution in [3.05, 3.63) is 58.1 Å². The smallest absolute Gasteiger partial charge is 0.246 e. The first kappa shape index (κ1) is 31.5. The third kappa shape index (κ3) is 6.32. The van der Waals surface area contributed by atoms with Crippen molar-refractivity contribution in [1.29, 1.82) is 0 Å². The van der Waals surface area contributed by atoms with Crippen LogP contribution in [-0.2, 0) is 25.5 Å². The molecule has 242 valence electrons. The van der Waals surface area contributed by atoms with Gasteiger partial charge in [-0.05, 0) is 62.9 Å². The Hall–Kier alpha value is -3.48. The zero-order valence-electron chi connectivity index (χ0n) is 25.3. The lowest BCUT2D eigenvalue weighted by Gasteiger charge is -2.46. The molecule has 2 aromatic carbocycles. The van der Waals surface area contributed by atoms with Gasteiger partial charge in [-0.3, -0.25) is 14.4 Å². The van der Waals surface area contributed by atoms with Crippen molar-refractivity contribution in [2.24, 2.45) is 5.92 Å². The molecule has 3 N–H and O–H groups in total. The number of halogens is 3. The quantitative estimate of drug-likeness (QED) is 0.425. The monoisotopic (exact) mass is 645 g/mol. The van der Waals surface area contributed by atoms with Gasteiger partial charge in [0.15, 0.2) is 0 Å². The number of hydrogen-bond acceptors (Lipinski definition) is 7. The lowest BCUT2D eigenvalue weighted by Crippen LogP contribution is -2.67. The maximum absolute atomic E-state index is 15.0. The molecule has 2 fully saturated rings. The van der Waals surface area contributed by atoms with Crippen molar-refractivity contribution in [3.8, 4) is 5.75 Å². The zero-order valence-corrected chi connectivity index (χ0v) is 26.0. The first-order valence-electron chi connectivity index (χ1n) is 15.5. The van der Waals surface area contributed by atoms with Crippen molar-refractivity contribution in [2.45, 2.75) is 62.8 Å². The predicted octanol–water partition coefficient (Wildman–Crippen LogP) is 2.72. The number of hydrogen-bond donors (Lipinski definition) is 3. The Kier molecular flexibility index (Phi) is 9.17. The number of ether oxygens (including phenoxy) is 2. The molecule has 4 heterocycles. The van der Waals surface area contributed by atoms with E-state index in [1.54, 1.807) is 24.9 Å². The minimum atomic E-state index is -0.953. The molecular formula is C32H38ClF2N5O5. The Balaban J connectivity index is 1.32. The summed E-state index contributed by atoms with van der Waals surface area (Å²) in [4.78, 5) is 45.5. The highest BCUT2D eigenvalue weighted by Crippen LogP contribution is 2.39. The number of benzene rings is 2. The van der Waals surface area contributed by atoms with Gasteiger partial charge in [-0.2, -0.15) is 0 Å². The van der Waals surface area contributed by atoms with Crippen LogP contribution in [0.5, 0.6) is 5.75 Å². The number of carbonyl (C=O) groups is 3. The summed E-state index contributed by atoms with van der Waals surface area (Å²) in [5.41, 5.74) is 2.06. The lowest BCUT2D eigenvalue weighted by atomic mass is 9.89. The summed E-state index contributed by atoms with van der Waals surface area (Å²) in [5, 5.41) is 9.44. The van der Waals surface area contributed by atoms with Gasteiger partial charge >= 0.3 is 0 Å². The molecule has 10 nitrogen and oxygen atoms in total. The van der Waals surface area contributed by atoms with Gasteiger partial charge < -0.3 is 35.2 Å². The Labute approximate surface area is 265 Å². The van der Waals surface area contributed by atoms with E-state index < -0.39 is 41.7 Å². The van der Waals surface area contributed by atoms with E-state index in [9.17, 15) is 23.2 Å². The van der Waals surface area contributed by atoms with Gasteiger partial charge in [-0.1, -0.05) is 11.6 Å². The van der Waals surface area contributed by atoms with Crippen LogP contribution in [0.15, 0.2) is 30.3 Å². The fraction of sp³-hybridized carbons (Fsp3) is 0.531. The summed E-state index contributed by atoms with van der Waals surface area (Å²) in [6.07, 6.45) is 2.09. The molecule has 0 aliphatic carbocycles. The second-order valence-corrected chi connectivity index (χ2v) is 12.7. The van der Waals surface area contributed by atoms with Crippen LogP contribution in [-0.4, -0.2) is 86.7 Å². The molecule has 0 radical (unpaired) electrons. The van der Waals surface area contributed by atoms with Gasteiger partial charge in [-0.25, -0.2) is 8.78 Å². The van der Waals surface area contributed by atoms with E-state index >= 15 is 0 Å². The van der Waals surface area contributed by atoms with E-state index in [0.717, 1.165) is 23.4 Å². The van der Waals surface area contributed by atoms with E-state index in [0.29, 0.717) is 37.5 Å². The maximum atomic E-state index is 15.0. The largest absolute Gasteiger partial charge is 0.493 e. The number of fused-ring (bicyclic) bond motifs is 4. The minimum Gasteiger partial charge on any atom is -0.493 e. The Morgan fingerprint density at radius 1 is 1.04 bits per heavy atom. The van der Waals surface area contributed by atoms with Crippen LogP contribution in [0, 0.1) is 17.6 Å². The fourth-order valence-corrected chi connectivity index (χ4v) is 7.15. The average molecular weight is 646 g/mol. The molecule has 0 aromatic heterocycles. The van der Waals surface area contributed by atoms with Crippen molar-refractivity contribution in [1.82, 2.24) is 20.9 Å². The zero-order chi connectivity index (χ0) is 31.8. The van der Waals surface area contributed by atoms with Crippen molar-refractivity contribution in [3.63, 3.8) is 0 Å². The molecule has 0 saturated carbocycles.